The Morgan fingerprint density at radius 1 is 0.842 bits per heavy atom. The molecule has 1 heterocycles. The van der Waals surface area contributed by atoms with Crippen molar-refractivity contribution < 1.29 is 14.3 Å². The maximum Gasteiger partial charge on any atom is 0.318 e. The van der Waals surface area contributed by atoms with Gasteiger partial charge in [-0.05, 0) is 25.0 Å². The van der Waals surface area contributed by atoms with Crippen LogP contribution in [0.15, 0.2) is 35.4 Å². The second kappa shape index (κ2) is 3.35. The first-order valence-electron chi connectivity index (χ1n) is 6.63. The summed E-state index contributed by atoms with van der Waals surface area (Å²) < 4.78 is 4.91. The summed E-state index contributed by atoms with van der Waals surface area (Å²) in [6.07, 6.45) is 0. The van der Waals surface area contributed by atoms with Gasteiger partial charge in [0.1, 0.15) is 0 Å². The number of carbonyl (C=O) groups excluding carboxylic acids is 2. The van der Waals surface area contributed by atoms with Gasteiger partial charge in [0, 0.05) is 11.8 Å². The molecule has 96 valence electrons. The van der Waals surface area contributed by atoms with Gasteiger partial charge in [0.15, 0.2) is 0 Å². The number of benzene rings is 1. The molecule has 3 nitrogen and oxygen atoms in total. The predicted octanol–water partition coefficient (Wildman–Crippen LogP) is 2.53. The SMILES string of the molecule is CC1=C(C)[C@H]2c3ccccc3[C@@H]1[C@@H]1C(=O)OC(=O)[C@@H]12. The first-order valence-corrected chi connectivity index (χ1v) is 6.63. The summed E-state index contributed by atoms with van der Waals surface area (Å²) in [6.45, 7) is 4.16. The summed E-state index contributed by atoms with van der Waals surface area (Å²) >= 11 is 0. The molecular weight excluding hydrogens is 240 g/mol. The summed E-state index contributed by atoms with van der Waals surface area (Å²) in [5.74, 6) is -1.26. The lowest BCUT2D eigenvalue weighted by Crippen LogP contribution is -2.40. The van der Waals surface area contributed by atoms with E-state index in [1.807, 2.05) is 12.1 Å². The van der Waals surface area contributed by atoms with Gasteiger partial charge in [0.25, 0.3) is 0 Å². The molecule has 0 saturated carbocycles. The molecule has 0 N–H and O–H groups in total. The van der Waals surface area contributed by atoms with Gasteiger partial charge in [-0.3, -0.25) is 9.59 Å². The summed E-state index contributed by atoms with van der Waals surface area (Å²) in [6, 6.07) is 8.16. The Kier molecular flexibility index (Phi) is 1.93. The summed E-state index contributed by atoms with van der Waals surface area (Å²) in [5, 5.41) is 0. The van der Waals surface area contributed by atoms with Crippen molar-refractivity contribution in [1.29, 1.82) is 0 Å². The molecular formula is C16H14O3. The monoisotopic (exact) mass is 254 g/mol. The lowest BCUT2D eigenvalue weighted by Gasteiger charge is -2.45. The highest BCUT2D eigenvalue weighted by molar-refractivity contribution is 5.99. The molecule has 1 saturated heterocycles. The fraction of sp³-hybridized carbons (Fsp3) is 0.375. The normalized spacial score (nSPS) is 35.3. The van der Waals surface area contributed by atoms with E-state index in [9.17, 15) is 9.59 Å². The van der Waals surface area contributed by atoms with Gasteiger partial charge in [0.2, 0.25) is 0 Å². The van der Waals surface area contributed by atoms with Crippen LogP contribution < -0.4 is 0 Å². The quantitative estimate of drug-likeness (QED) is 0.406. The maximum absolute atomic E-state index is 12.0. The second-order valence-corrected chi connectivity index (χ2v) is 5.74. The molecule has 5 rings (SSSR count). The van der Waals surface area contributed by atoms with E-state index >= 15 is 0 Å². The zero-order chi connectivity index (χ0) is 13.3. The van der Waals surface area contributed by atoms with Crippen LogP contribution in [0.2, 0.25) is 0 Å². The van der Waals surface area contributed by atoms with E-state index in [0.717, 1.165) is 0 Å². The number of carbonyl (C=O) groups is 2. The highest BCUT2D eigenvalue weighted by Gasteiger charge is 2.59. The van der Waals surface area contributed by atoms with Crippen molar-refractivity contribution in [3.63, 3.8) is 0 Å². The largest absolute Gasteiger partial charge is 0.393 e. The molecule has 4 aliphatic rings. The number of hydrogen-bond acceptors (Lipinski definition) is 3. The molecule has 1 aromatic rings. The topological polar surface area (TPSA) is 43.4 Å². The third-order valence-corrected chi connectivity index (χ3v) is 5.07. The van der Waals surface area contributed by atoms with Gasteiger partial charge in [-0.25, -0.2) is 0 Å². The summed E-state index contributed by atoms with van der Waals surface area (Å²) in [5.41, 5.74) is 4.86. The van der Waals surface area contributed by atoms with Crippen LogP contribution in [-0.2, 0) is 14.3 Å². The first kappa shape index (κ1) is 11.0. The van der Waals surface area contributed by atoms with E-state index in [-0.39, 0.29) is 35.6 Å². The van der Waals surface area contributed by atoms with E-state index in [4.69, 9.17) is 4.74 Å². The van der Waals surface area contributed by atoms with E-state index < -0.39 is 0 Å². The van der Waals surface area contributed by atoms with Crippen LogP contribution >= 0.6 is 0 Å². The van der Waals surface area contributed by atoms with Crippen LogP contribution in [0.3, 0.4) is 0 Å². The van der Waals surface area contributed by atoms with Crippen LogP contribution in [0.1, 0.15) is 36.8 Å². The zero-order valence-electron chi connectivity index (χ0n) is 10.8. The van der Waals surface area contributed by atoms with E-state index in [0.29, 0.717) is 0 Å². The molecule has 1 aromatic carbocycles. The smallest absolute Gasteiger partial charge is 0.318 e. The Hall–Kier alpha value is -1.90. The van der Waals surface area contributed by atoms with Crippen LogP contribution in [0.5, 0.6) is 0 Å². The zero-order valence-corrected chi connectivity index (χ0v) is 10.8. The average Bonchev–Trinajstić information content (AvgIpc) is 2.70. The third kappa shape index (κ3) is 1.14. The molecule has 0 aromatic heterocycles. The van der Waals surface area contributed by atoms with Gasteiger partial charge in [-0.15, -0.1) is 0 Å². The van der Waals surface area contributed by atoms with Crippen LogP contribution in [0.25, 0.3) is 0 Å². The Labute approximate surface area is 111 Å². The van der Waals surface area contributed by atoms with Gasteiger partial charge in [-0.2, -0.15) is 0 Å². The minimum Gasteiger partial charge on any atom is -0.393 e. The van der Waals surface area contributed by atoms with Gasteiger partial charge in [-0.1, -0.05) is 35.4 Å². The Morgan fingerprint density at radius 2 is 1.26 bits per heavy atom. The standard InChI is InChI=1S/C16H14O3/c1-7-8(2)12-10-6-4-3-5-9(10)11(7)13-14(12)16(18)19-15(13)17/h3-6,11-14H,1-2H3/t11-,12+,13+,14-. The Morgan fingerprint density at radius 3 is 1.68 bits per heavy atom. The first-order chi connectivity index (χ1) is 9.11. The minimum absolute atomic E-state index is 0.0187. The van der Waals surface area contributed by atoms with Crippen LogP contribution in [-0.4, -0.2) is 11.9 Å². The molecule has 3 heteroatoms. The number of rotatable bonds is 0. The number of allylic oxidation sites excluding steroid dienone is 2. The highest BCUT2D eigenvalue weighted by atomic mass is 16.6. The van der Waals surface area contributed by atoms with Crippen LogP contribution in [0.4, 0.5) is 0 Å². The average molecular weight is 254 g/mol. The van der Waals surface area contributed by atoms with E-state index in [1.54, 1.807) is 0 Å². The number of ether oxygens (including phenoxy) is 1. The molecule has 0 unspecified atom stereocenters. The van der Waals surface area contributed by atoms with Gasteiger partial charge < -0.3 is 4.74 Å². The molecule has 1 fully saturated rings. The fourth-order valence-electron chi connectivity index (χ4n) is 4.18. The van der Waals surface area contributed by atoms with Gasteiger partial charge >= 0.3 is 11.9 Å². The molecule has 0 spiro atoms. The van der Waals surface area contributed by atoms with Crippen molar-refractivity contribution in [3.05, 3.63) is 46.5 Å². The van der Waals surface area contributed by atoms with Crippen molar-refractivity contribution in [2.24, 2.45) is 11.8 Å². The molecule has 3 aliphatic carbocycles. The predicted molar refractivity (Wildman–Crippen MR) is 68.4 cm³/mol. The Balaban J connectivity index is 2.03. The number of cyclic esters (lactones) is 2. The fourth-order valence-corrected chi connectivity index (χ4v) is 4.18. The minimum atomic E-state index is -0.341. The van der Waals surface area contributed by atoms with Crippen molar-refractivity contribution in [2.75, 3.05) is 0 Å². The molecule has 19 heavy (non-hydrogen) atoms. The second-order valence-electron chi connectivity index (χ2n) is 5.74. The Bertz CT molecular complexity index is 601. The van der Waals surface area contributed by atoms with E-state index in [1.165, 1.54) is 22.3 Å². The molecule has 2 bridgehead atoms. The van der Waals surface area contributed by atoms with Crippen LogP contribution in [0, 0.1) is 11.8 Å². The van der Waals surface area contributed by atoms with Crippen molar-refractivity contribution >= 4 is 11.9 Å². The summed E-state index contributed by atoms with van der Waals surface area (Å²) in [7, 11) is 0. The molecule has 4 atom stereocenters. The van der Waals surface area contributed by atoms with E-state index in [2.05, 4.69) is 26.0 Å². The van der Waals surface area contributed by atoms with Crippen molar-refractivity contribution in [1.82, 2.24) is 0 Å². The number of esters is 2. The van der Waals surface area contributed by atoms with Crippen molar-refractivity contribution in [3.8, 4) is 0 Å². The maximum atomic E-state index is 12.0. The van der Waals surface area contributed by atoms with Crippen molar-refractivity contribution in [2.45, 2.75) is 25.7 Å². The molecule has 0 amide bonds. The number of hydrogen-bond donors (Lipinski definition) is 0. The summed E-state index contributed by atoms with van der Waals surface area (Å²) in [4.78, 5) is 24.0. The molecule has 0 radical (unpaired) electrons. The molecule has 1 aliphatic heterocycles. The lowest BCUT2D eigenvalue weighted by molar-refractivity contribution is -0.153. The van der Waals surface area contributed by atoms with Gasteiger partial charge in [0.05, 0.1) is 11.8 Å². The third-order valence-electron chi connectivity index (χ3n) is 5.07. The highest BCUT2D eigenvalue weighted by Crippen LogP contribution is 2.60. The lowest BCUT2D eigenvalue weighted by atomic mass is 9.55.